The van der Waals surface area contributed by atoms with Crippen LogP contribution in [0.1, 0.15) is 37.6 Å². The number of nitrogens with one attached hydrogen (secondary N) is 2. The molecule has 100 valence electrons. The highest BCUT2D eigenvalue weighted by molar-refractivity contribution is 6.33. The predicted molar refractivity (Wildman–Crippen MR) is 75.2 cm³/mol. The second-order valence-electron chi connectivity index (χ2n) is 4.45. The highest BCUT2D eigenvalue weighted by Crippen LogP contribution is 2.18. The minimum atomic E-state index is -0.160. The van der Waals surface area contributed by atoms with Crippen LogP contribution in [0.3, 0.4) is 0 Å². The van der Waals surface area contributed by atoms with E-state index in [1.54, 1.807) is 13.1 Å². The summed E-state index contributed by atoms with van der Waals surface area (Å²) in [4.78, 5) is 16.2. The molecule has 2 N–H and O–H groups in total. The number of amides is 1. The third kappa shape index (κ3) is 3.60. The second-order valence-corrected chi connectivity index (χ2v) is 4.85. The molecule has 0 fully saturated rings. The van der Waals surface area contributed by atoms with E-state index in [0.717, 1.165) is 6.42 Å². The molecule has 4 nitrogen and oxygen atoms in total. The summed E-state index contributed by atoms with van der Waals surface area (Å²) >= 11 is 5.99. The number of hydrogen-bond donors (Lipinski definition) is 2. The van der Waals surface area contributed by atoms with Crippen molar-refractivity contribution in [1.29, 1.82) is 0 Å². The van der Waals surface area contributed by atoms with E-state index < -0.39 is 0 Å². The van der Waals surface area contributed by atoms with Crippen LogP contribution in [0.15, 0.2) is 12.3 Å². The van der Waals surface area contributed by atoms with Crippen LogP contribution in [-0.4, -0.2) is 24.0 Å². The minimum absolute atomic E-state index is 0.116. The lowest BCUT2D eigenvalue weighted by Crippen LogP contribution is -2.37. The first-order valence-electron chi connectivity index (χ1n) is 6.13. The molecule has 5 heteroatoms. The zero-order valence-electron chi connectivity index (χ0n) is 11.2. The van der Waals surface area contributed by atoms with Gasteiger partial charge in [0.05, 0.1) is 10.6 Å². The lowest BCUT2D eigenvalue weighted by molar-refractivity contribution is 0.0928. The summed E-state index contributed by atoms with van der Waals surface area (Å²) in [6.45, 7) is 6.21. The molecule has 0 aliphatic heterocycles. The number of hydrogen-bond acceptors (Lipinski definition) is 3. The number of pyridine rings is 1. The van der Waals surface area contributed by atoms with Gasteiger partial charge in [-0.05, 0) is 18.9 Å². The van der Waals surface area contributed by atoms with E-state index in [2.05, 4.69) is 29.5 Å². The third-order valence-corrected chi connectivity index (χ3v) is 3.51. The normalized spacial score (nSPS) is 13.8. The lowest BCUT2D eigenvalue weighted by Gasteiger charge is -2.20. The molecule has 1 amide bonds. The first-order chi connectivity index (χ1) is 8.49. The summed E-state index contributed by atoms with van der Waals surface area (Å²) in [5.41, 5.74) is 0.450. The molecule has 0 aliphatic rings. The molecule has 18 heavy (non-hydrogen) atoms. The van der Waals surface area contributed by atoms with Crippen LogP contribution in [0.25, 0.3) is 0 Å². The van der Waals surface area contributed by atoms with Crippen LogP contribution in [-0.2, 0) is 0 Å². The topological polar surface area (TPSA) is 54.0 Å². The Kier molecular flexibility index (Phi) is 5.41. The zero-order valence-corrected chi connectivity index (χ0v) is 12.0. The van der Waals surface area contributed by atoms with E-state index in [1.807, 2.05) is 6.92 Å². The Morgan fingerprint density at radius 1 is 1.50 bits per heavy atom. The van der Waals surface area contributed by atoms with Crippen LogP contribution in [0.4, 0.5) is 5.82 Å². The number of carbonyl (C=O) groups is 1. The average Bonchev–Trinajstić information content (AvgIpc) is 2.38. The van der Waals surface area contributed by atoms with Gasteiger partial charge in [-0.1, -0.05) is 31.9 Å². The number of halogens is 1. The van der Waals surface area contributed by atoms with Gasteiger partial charge in [0.15, 0.2) is 0 Å². The summed E-state index contributed by atoms with van der Waals surface area (Å²) < 4.78 is 0. The van der Waals surface area contributed by atoms with Crippen molar-refractivity contribution in [2.24, 2.45) is 5.92 Å². The zero-order chi connectivity index (χ0) is 13.7. The van der Waals surface area contributed by atoms with Crippen LogP contribution in [0.2, 0.25) is 5.02 Å². The quantitative estimate of drug-likeness (QED) is 0.864. The maximum Gasteiger partial charge on any atom is 0.253 e. The van der Waals surface area contributed by atoms with E-state index in [4.69, 9.17) is 11.6 Å². The van der Waals surface area contributed by atoms with E-state index in [-0.39, 0.29) is 11.9 Å². The van der Waals surface area contributed by atoms with Crippen molar-refractivity contribution in [3.8, 4) is 0 Å². The Hall–Kier alpha value is -1.29. The molecular formula is C13H20ClN3O. The van der Waals surface area contributed by atoms with Gasteiger partial charge >= 0.3 is 0 Å². The van der Waals surface area contributed by atoms with Gasteiger partial charge in [-0.2, -0.15) is 0 Å². The fourth-order valence-corrected chi connectivity index (χ4v) is 1.72. The summed E-state index contributed by atoms with van der Waals surface area (Å²) in [5.74, 6) is 0.894. The summed E-state index contributed by atoms with van der Waals surface area (Å²) in [5, 5.41) is 6.21. The highest BCUT2D eigenvalue weighted by atomic mass is 35.5. The lowest BCUT2D eigenvalue weighted by atomic mass is 10.0. The van der Waals surface area contributed by atoms with Gasteiger partial charge in [-0.15, -0.1) is 0 Å². The maximum atomic E-state index is 12.1. The smallest absolute Gasteiger partial charge is 0.253 e. The number of nitrogens with zero attached hydrogens (tertiary/aromatic N) is 1. The van der Waals surface area contributed by atoms with E-state index in [1.165, 1.54) is 6.20 Å². The molecule has 0 bridgehead atoms. The molecule has 2 atom stereocenters. The summed E-state index contributed by atoms with van der Waals surface area (Å²) in [7, 11) is 1.75. The first kappa shape index (κ1) is 14.8. The fraction of sp³-hybridized carbons (Fsp3) is 0.538. The van der Waals surface area contributed by atoms with E-state index >= 15 is 0 Å². The summed E-state index contributed by atoms with van der Waals surface area (Å²) in [6.07, 6.45) is 2.50. The Morgan fingerprint density at radius 2 is 2.17 bits per heavy atom. The van der Waals surface area contributed by atoms with Crippen molar-refractivity contribution in [3.05, 3.63) is 22.8 Å². The molecule has 0 saturated carbocycles. The Balaban J connectivity index is 2.83. The number of anilines is 1. The first-order valence-corrected chi connectivity index (χ1v) is 6.51. The van der Waals surface area contributed by atoms with E-state index in [9.17, 15) is 4.79 Å². The van der Waals surface area contributed by atoms with Crippen LogP contribution in [0, 0.1) is 5.92 Å². The molecule has 1 aromatic rings. The van der Waals surface area contributed by atoms with Gasteiger partial charge in [0.25, 0.3) is 5.91 Å². The molecule has 1 heterocycles. The second kappa shape index (κ2) is 6.59. The molecule has 1 aromatic heterocycles. The van der Waals surface area contributed by atoms with Gasteiger partial charge < -0.3 is 10.6 Å². The number of carbonyl (C=O) groups excluding carboxylic acids is 1. The molecule has 0 aliphatic carbocycles. The molecule has 1 rings (SSSR count). The molecule has 0 radical (unpaired) electrons. The van der Waals surface area contributed by atoms with Crippen LogP contribution in [0.5, 0.6) is 0 Å². The molecule has 2 unspecified atom stereocenters. The van der Waals surface area contributed by atoms with Crippen molar-refractivity contribution in [2.45, 2.75) is 33.2 Å². The number of aromatic nitrogens is 1. The van der Waals surface area contributed by atoms with Crippen molar-refractivity contribution < 1.29 is 4.79 Å². The largest absolute Gasteiger partial charge is 0.373 e. The van der Waals surface area contributed by atoms with Gasteiger partial charge in [-0.25, -0.2) is 4.98 Å². The standard InChI is InChI=1S/C13H20ClN3O/c1-5-8(2)9(3)17-13(18)10-6-12(15-4)16-7-11(10)14/h6-9H,5H2,1-4H3,(H,15,16)(H,17,18). The highest BCUT2D eigenvalue weighted by Gasteiger charge is 2.17. The van der Waals surface area contributed by atoms with Crippen molar-refractivity contribution >= 4 is 23.3 Å². The molecule has 0 spiro atoms. The Morgan fingerprint density at radius 3 is 2.72 bits per heavy atom. The van der Waals surface area contributed by atoms with Gasteiger partial charge in [0.1, 0.15) is 5.82 Å². The van der Waals surface area contributed by atoms with Gasteiger partial charge in [0.2, 0.25) is 0 Å². The van der Waals surface area contributed by atoms with Crippen molar-refractivity contribution in [2.75, 3.05) is 12.4 Å². The number of rotatable bonds is 5. The minimum Gasteiger partial charge on any atom is -0.373 e. The molecule has 0 saturated heterocycles. The van der Waals surface area contributed by atoms with Gasteiger partial charge in [0, 0.05) is 19.3 Å². The molecule has 0 aromatic carbocycles. The monoisotopic (exact) mass is 269 g/mol. The van der Waals surface area contributed by atoms with Crippen molar-refractivity contribution in [3.63, 3.8) is 0 Å². The third-order valence-electron chi connectivity index (χ3n) is 3.21. The van der Waals surface area contributed by atoms with E-state index in [0.29, 0.717) is 22.3 Å². The molecular weight excluding hydrogens is 250 g/mol. The Bertz CT molecular complexity index is 423. The van der Waals surface area contributed by atoms with Crippen LogP contribution < -0.4 is 10.6 Å². The maximum absolute atomic E-state index is 12.1. The summed E-state index contributed by atoms with van der Waals surface area (Å²) in [6, 6.07) is 1.77. The fourth-order valence-electron chi connectivity index (χ4n) is 1.53. The van der Waals surface area contributed by atoms with Crippen molar-refractivity contribution in [1.82, 2.24) is 10.3 Å². The predicted octanol–water partition coefficient (Wildman–Crippen LogP) is 2.94. The average molecular weight is 270 g/mol. The van der Waals surface area contributed by atoms with Crippen LogP contribution >= 0.6 is 11.6 Å². The Labute approximate surface area is 113 Å². The van der Waals surface area contributed by atoms with Gasteiger partial charge in [-0.3, -0.25) is 4.79 Å². The SMILES string of the molecule is CCC(C)C(C)NC(=O)c1cc(NC)ncc1Cl.